The number of benzene rings is 1. The molecule has 0 aliphatic rings. The van der Waals surface area contributed by atoms with Gasteiger partial charge in [-0.2, -0.15) is 0 Å². The van der Waals surface area contributed by atoms with E-state index in [2.05, 4.69) is 22.5 Å². The molecule has 0 saturated carbocycles. The molecular formula is C10H10BrN. The zero-order chi connectivity index (χ0) is 8.97. The molecule has 0 fully saturated rings. The Kier molecular flexibility index (Phi) is 3.11. The third kappa shape index (κ3) is 1.98. The lowest BCUT2D eigenvalue weighted by Gasteiger charge is -2.01. The van der Waals surface area contributed by atoms with Gasteiger partial charge in [0, 0.05) is 5.69 Å². The Bertz CT molecular complexity index is 316. The molecule has 2 heteroatoms. The number of rotatable bonds is 2. The van der Waals surface area contributed by atoms with Crippen molar-refractivity contribution in [2.45, 2.75) is 0 Å². The second kappa shape index (κ2) is 4.12. The van der Waals surface area contributed by atoms with Crippen molar-refractivity contribution in [2.75, 3.05) is 5.73 Å². The quantitative estimate of drug-likeness (QED) is 0.766. The second-order valence-electron chi connectivity index (χ2n) is 2.39. The molecule has 0 bridgehead atoms. The third-order valence-corrected chi connectivity index (χ3v) is 1.84. The van der Waals surface area contributed by atoms with Gasteiger partial charge >= 0.3 is 0 Å². The molecule has 2 N–H and O–H groups in total. The van der Waals surface area contributed by atoms with Crippen LogP contribution in [0.5, 0.6) is 0 Å². The fraction of sp³-hybridized carbons (Fsp3) is 0. The molecular weight excluding hydrogens is 214 g/mol. The number of hydrogen-bond acceptors (Lipinski definition) is 1. The summed E-state index contributed by atoms with van der Waals surface area (Å²) in [6, 6.07) is 5.73. The van der Waals surface area contributed by atoms with Crippen LogP contribution in [0.15, 0.2) is 29.8 Å². The summed E-state index contributed by atoms with van der Waals surface area (Å²) in [5.41, 5.74) is 8.53. The minimum Gasteiger partial charge on any atom is -0.399 e. The van der Waals surface area contributed by atoms with E-state index in [9.17, 15) is 0 Å². The summed E-state index contributed by atoms with van der Waals surface area (Å²) >= 11 is 3.22. The molecule has 62 valence electrons. The summed E-state index contributed by atoms with van der Waals surface area (Å²) in [5.74, 6) is 0. The van der Waals surface area contributed by atoms with Crippen LogP contribution in [0.1, 0.15) is 11.1 Å². The number of hydrogen-bond donors (Lipinski definition) is 1. The predicted molar refractivity (Wildman–Crippen MR) is 58.9 cm³/mol. The van der Waals surface area contributed by atoms with E-state index in [-0.39, 0.29) is 0 Å². The molecule has 0 heterocycles. The summed E-state index contributed by atoms with van der Waals surface area (Å²) < 4.78 is 0. The lowest BCUT2D eigenvalue weighted by molar-refractivity contribution is 1.61. The van der Waals surface area contributed by atoms with E-state index < -0.39 is 0 Å². The Hall–Kier alpha value is -1.02. The van der Waals surface area contributed by atoms with E-state index in [0.717, 1.165) is 16.8 Å². The minimum atomic E-state index is 0.761. The van der Waals surface area contributed by atoms with Crippen molar-refractivity contribution >= 4 is 33.8 Å². The lowest BCUT2D eigenvalue weighted by Crippen LogP contribution is -1.87. The fourth-order valence-corrected chi connectivity index (χ4v) is 1.27. The first kappa shape index (κ1) is 9.07. The topological polar surface area (TPSA) is 26.0 Å². The predicted octanol–water partition coefficient (Wildman–Crippen LogP) is 3.28. The molecule has 0 amide bonds. The molecule has 0 spiro atoms. The first-order valence-electron chi connectivity index (χ1n) is 3.56. The van der Waals surface area contributed by atoms with Gasteiger partial charge in [-0.3, -0.25) is 0 Å². The molecule has 1 rings (SSSR count). The molecule has 12 heavy (non-hydrogen) atoms. The van der Waals surface area contributed by atoms with Crippen molar-refractivity contribution in [2.24, 2.45) is 0 Å². The van der Waals surface area contributed by atoms with Gasteiger partial charge in [0.15, 0.2) is 0 Å². The monoisotopic (exact) mass is 223 g/mol. The molecule has 1 nitrogen and oxygen atoms in total. The zero-order valence-electron chi connectivity index (χ0n) is 6.63. The molecule has 0 aliphatic heterocycles. The molecule has 0 atom stereocenters. The smallest absolute Gasteiger partial charge is 0.0320 e. The van der Waals surface area contributed by atoms with E-state index in [4.69, 9.17) is 5.73 Å². The number of halogens is 1. The Morgan fingerprint density at radius 3 is 2.67 bits per heavy atom. The highest BCUT2D eigenvalue weighted by atomic mass is 79.9. The molecule has 1 aromatic carbocycles. The van der Waals surface area contributed by atoms with Gasteiger partial charge in [-0.1, -0.05) is 34.7 Å². The van der Waals surface area contributed by atoms with Crippen molar-refractivity contribution in [1.29, 1.82) is 0 Å². The van der Waals surface area contributed by atoms with Crippen LogP contribution in [0.3, 0.4) is 0 Å². The van der Waals surface area contributed by atoms with E-state index in [1.165, 1.54) is 0 Å². The summed E-state index contributed by atoms with van der Waals surface area (Å²) in [7, 11) is 0. The lowest BCUT2D eigenvalue weighted by atomic mass is 10.1. The average Bonchev–Trinajstić information content (AvgIpc) is 2.08. The van der Waals surface area contributed by atoms with Crippen molar-refractivity contribution in [1.82, 2.24) is 0 Å². The summed E-state index contributed by atoms with van der Waals surface area (Å²) in [6.45, 7) is 3.71. The van der Waals surface area contributed by atoms with Crippen molar-refractivity contribution in [3.63, 3.8) is 0 Å². The largest absolute Gasteiger partial charge is 0.399 e. The first-order valence-corrected chi connectivity index (χ1v) is 4.48. The fourth-order valence-electron chi connectivity index (χ4n) is 0.990. The van der Waals surface area contributed by atoms with Gasteiger partial charge in [0.1, 0.15) is 0 Å². The number of nitrogens with two attached hydrogens (primary N) is 1. The van der Waals surface area contributed by atoms with Gasteiger partial charge in [0.05, 0.1) is 0 Å². The maximum Gasteiger partial charge on any atom is 0.0320 e. The van der Waals surface area contributed by atoms with Crippen LogP contribution in [-0.4, -0.2) is 0 Å². The van der Waals surface area contributed by atoms with Gasteiger partial charge in [0.2, 0.25) is 0 Å². The maximum absolute atomic E-state index is 5.62. The molecule has 0 radical (unpaired) electrons. The maximum atomic E-state index is 5.62. The summed E-state index contributed by atoms with van der Waals surface area (Å²) in [5, 5.41) is 0. The number of nitrogen functional groups attached to an aromatic ring is 1. The Labute approximate surface area is 80.7 Å². The zero-order valence-corrected chi connectivity index (χ0v) is 8.21. The molecule has 0 aromatic heterocycles. The second-order valence-corrected chi connectivity index (χ2v) is 2.91. The van der Waals surface area contributed by atoms with Crippen LogP contribution >= 0.6 is 15.9 Å². The Morgan fingerprint density at radius 1 is 1.33 bits per heavy atom. The van der Waals surface area contributed by atoms with Gasteiger partial charge in [-0.05, 0) is 34.3 Å². The van der Waals surface area contributed by atoms with Crippen LogP contribution in [0.2, 0.25) is 0 Å². The SMILES string of the molecule is C=Cc1cc(N)ccc1/C=C/Br. The highest BCUT2D eigenvalue weighted by Crippen LogP contribution is 2.16. The average molecular weight is 224 g/mol. The molecule has 0 aliphatic carbocycles. The normalized spacial score (nSPS) is 10.4. The van der Waals surface area contributed by atoms with E-state index in [0.29, 0.717) is 0 Å². The standard InChI is InChI=1S/C10H10BrN/c1-2-8-7-10(12)4-3-9(8)5-6-11/h2-7H,1,12H2/b6-5+. The van der Waals surface area contributed by atoms with Gasteiger partial charge in [-0.25, -0.2) is 0 Å². The Balaban J connectivity index is 3.19. The van der Waals surface area contributed by atoms with Gasteiger partial charge < -0.3 is 5.73 Å². The van der Waals surface area contributed by atoms with E-state index in [1.807, 2.05) is 29.3 Å². The van der Waals surface area contributed by atoms with Gasteiger partial charge in [0.25, 0.3) is 0 Å². The van der Waals surface area contributed by atoms with Crippen LogP contribution in [0.4, 0.5) is 5.69 Å². The first-order chi connectivity index (χ1) is 5.77. The van der Waals surface area contributed by atoms with Crippen molar-refractivity contribution in [3.05, 3.63) is 40.9 Å². The number of anilines is 1. The van der Waals surface area contributed by atoms with Crippen LogP contribution < -0.4 is 5.73 Å². The van der Waals surface area contributed by atoms with Gasteiger partial charge in [-0.15, -0.1) is 0 Å². The highest BCUT2D eigenvalue weighted by molar-refractivity contribution is 9.11. The molecule has 1 aromatic rings. The molecule has 0 saturated heterocycles. The van der Waals surface area contributed by atoms with Crippen molar-refractivity contribution in [3.8, 4) is 0 Å². The third-order valence-electron chi connectivity index (χ3n) is 1.57. The van der Waals surface area contributed by atoms with E-state index in [1.54, 1.807) is 6.08 Å². The Morgan fingerprint density at radius 2 is 2.08 bits per heavy atom. The van der Waals surface area contributed by atoms with Crippen molar-refractivity contribution < 1.29 is 0 Å². The van der Waals surface area contributed by atoms with Crippen LogP contribution in [0.25, 0.3) is 12.2 Å². The molecule has 0 unspecified atom stereocenters. The highest BCUT2D eigenvalue weighted by Gasteiger charge is 1.94. The minimum absolute atomic E-state index is 0.761. The summed E-state index contributed by atoms with van der Waals surface area (Å²) in [4.78, 5) is 1.81. The summed E-state index contributed by atoms with van der Waals surface area (Å²) in [6.07, 6.45) is 3.75. The van der Waals surface area contributed by atoms with Crippen LogP contribution in [-0.2, 0) is 0 Å². The van der Waals surface area contributed by atoms with Crippen LogP contribution in [0, 0.1) is 0 Å². The van der Waals surface area contributed by atoms with E-state index >= 15 is 0 Å².